The van der Waals surface area contributed by atoms with Gasteiger partial charge in [-0.2, -0.15) is 0 Å². The van der Waals surface area contributed by atoms with Gasteiger partial charge in [0.1, 0.15) is 0 Å². The van der Waals surface area contributed by atoms with Crippen LogP contribution in [0.4, 0.5) is 0 Å². The maximum atomic E-state index is 13.1. The lowest BCUT2D eigenvalue weighted by atomic mass is 9.88. The van der Waals surface area contributed by atoms with E-state index in [0.717, 1.165) is 37.2 Å². The molecule has 1 atom stereocenters. The molecule has 0 spiro atoms. The first-order chi connectivity index (χ1) is 12.2. The highest BCUT2D eigenvalue weighted by Gasteiger charge is 2.23. The van der Waals surface area contributed by atoms with Crippen molar-refractivity contribution < 1.29 is 4.79 Å². The molecule has 0 N–H and O–H groups in total. The lowest BCUT2D eigenvalue weighted by Crippen LogP contribution is -2.28. The van der Waals surface area contributed by atoms with Crippen LogP contribution >= 0.6 is 11.6 Å². The third-order valence-electron chi connectivity index (χ3n) is 5.08. The number of ketones is 1. The number of halogens is 1. The van der Waals surface area contributed by atoms with Gasteiger partial charge in [0.05, 0.1) is 0 Å². The molecule has 1 aliphatic rings. The summed E-state index contributed by atoms with van der Waals surface area (Å²) in [6.45, 7) is 3.31. The molecule has 0 saturated carbocycles. The Morgan fingerprint density at radius 2 is 1.56 bits per heavy atom. The Kier molecular flexibility index (Phi) is 6.66. The number of hydrogen-bond acceptors (Lipinski definition) is 2. The monoisotopic (exact) mass is 355 g/mol. The van der Waals surface area contributed by atoms with E-state index in [1.54, 1.807) is 12.1 Å². The van der Waals surface area contributed by atoms with Crippen LogP contribution < -0.4 is 0 Å². The van der Waals surface area contributed by atoms with Crippen LogP contribution in [-0.2, 0) is 0 Å². The molecule has 1 fully saturated rings. The molecule has 0 aliphatic carbocycles. The van der Waals surface area contributed by atoms with Gasteiger partial charge in [0.2, 0.25) is 0 Å². The highest BCUT2D eigenvalue weighted by atomic mass is 35.5. The molecule has 3 rings (SSSR count). The van der Waals surface area contributed by atoms with Crippen molar-refractivity contribution in [2.75, 3.05) is 19.6 Å². The van der Waals surface area contributed by atoms with E-state index in [4.69, 9.17) is 11.6 Å². The topological polar surface area (TPSA) is 20.3 Å². The van der Waals surface area contributed by atoms with Crippen LogP contribution in [0.15, 0.2) is 54.6 Å². The van der Waals surface area contributed by atoms with E-state index >= 15 is 0 Å². The molecule has 2 aromatic carbocycles. The van der Waals surface area contributed by atoms with Crippen molar-refractivity contribution in [2.24, 2.45) is 0 Å². The summed E-state index contributed by atoms with van der Waals surface area (Å²) in [6.07, 6.45) is 6.10. The van der Waals surface area contributed by atoms with E-state index in [0.29, 0.717) is 5.02 Å². The molecule has 0 aromatic heterocycles. The van der Waals surface area contributed by atoms with Gasteiger partial charge in [-0.15, -0.1) is 0 Å². The van der Waals surface area contributed by atoms with Gasteiger partial charge in [-0.3, -0.25) is 4.79 Å². The Balaban J connectivity index is 1.75. The van der Waals surface area contributed by atoms with Crippen molar-refractivity contribution in [1.82, 2.24) is 4.90 Å². The molecule has 1 aliphatic heterocycles. The van der Waals surface area contributed by atoms with Crippen molar-refractivity contribution >= 4 is 17.4 Å². The second-order valence-electron chi connectivity index (χ2n) is 6.88. The lowest BCUT2D eigenvalue weighted by molar-refractivity contribution is 0.0948. The molecule has 0 unspecified atom stereocenters. The van der Waals surface area contributed by atoms with Gasteiger partial charge >= 0.3 is 0 Å². The predicted molar refractivity (Wildman–Crippen MR) is 104 cm³/mol. The SMILES string of the molecule is O=C(c1ccc(Cl)cc1)[C@@H](CCN1CCCCCC1)c1ccccc1. The zero-order valence-corrected chi connectivity index (χ0v) is 15.4. The zero-order valence-electron chi connectivity index (χ0n) is 14.7. The highest BCUT2D eigenvalue weighted by Crippen LogP contribution is 2.26. The average Bonchev–Trinajstić information content (AvgIpc) is 2.92. The summed E-state index contributed by atoms with van der Waals surface area (Å²) >= 11 is 5.97. The number of hydrogen-bond donors (Lipinski definition) is 0. The molecule has 0 amide bonds. The standard InChI is InChI=1S/C22H26ClNO/c23-20-12-10-19(11-13-20)22(25)21(18-8-4-3-5-9-18)14-17-24-15-6-1-2-7-16-24/h3-5,8-13,21H,1-2,6-7,14-17H2/t21-/m0/s1. The fourth-order valence-corrected chi connectivity index (χ4v) is 3.75. The van der Waals surface area contributed by atoms with Gasteiger partial charge in [0.15, 0.2) is 5.78 Å². The molecule has 3 heteroatoms. The van der Waals surface area contributed by atoms with Gasteiger partial charge < -0.3 is 4.90 Å². The summed E-state index contributed by atoms with van der Waals surface area (Å²) in [5, 5.41) is 0.664. The second-order valence-corrected chi connectivity index (χ2v) is 7.32. The van der Waals surface area contributed by atoms with Gasteiger partial charge in [-0.25, -0.2) is 0 Å². The lowest BCUT2D eigenvalue weighted by Gasteiger charge is -2.23. The van der Waals surface area contributed by atoms with Crippen LogP contribution in [0, 0.1) is 0 Å². The normalized spacial score (nSPS) is 17.0. The van der Waals surface area contributed by atoms with Crippen molar-refractivity contribution in [3.8, 4) is 0 Å². The number of carbonyl (C=O) groups is 1. The van der Waals surface area contributed by atoms with Crippen LogP contribution in [0.5, 0.6) is 0 Å². The van der Waals surface area contributed by atoms with Crippen molar-refractivity contribution in [3.63, 3.8) is 0 Å². The van der Waals surface area contributed by atoms with Crippen LogP contribution in [0.2, 0.25) is 5.02 Å². The molecule has 2 aromatic rings. The van der Waals surface area contributed by atoms with Gasteiger partial charge in [0.25, 0.3) is 0 Å². The van der Waals surface area contributed by atoms with E-state index in [1.165, 1.54) is 25.7 Å². The summed E-state index contributed by atoms with van der Waals surface area (Å²) < 4.78 is 0. The van der Waals surface area contributed by atoms with Gasteiger partial charge in [-0.05, 0) is 68.7 Å². The van der Waals surface area contributed by atoms with Crippen LogP contribution in [0.25, 0.3) is 0 Å². The minimum absolute atomic E-state index is 0.0920. The van der Waals surface area contributed by atoms with Crippen molar-refractivity contribution in [1.29, 1.82) is 0 Å². The molecule has 132 valence electrons. The van der Waals surface area contributed by atoms with E-state index in [1.807, 2.05) is 30.3 Å². The minimum Gasteiger partial charge on any atom is -0.303 e. The quantitative estimate of drug-likeness (QED) is 0.631. The molecule has 2 nitrogen and oxygen atoms in total. The number of carbonyl (C=O) groups excluding carboxylic acids is 1. The van der Waals surface area contributed by atoms with Crippen molar-refractivity contribution in [3.05, 3.63) is 70.7 Å². The molecule has 1 saturated heterocycles. The summed E-state index contributed by atoms with van der Waals surface area (Å²) in [6, 6.07) is 17.5. The number of Topliss-reactive ketones (excluding diaryl/α,β-unsaturated/α-hetero) is 1. The Morgan fingerprint density at radius 3 is 2.20 bits per heavy atom. The van der Waals surface area contributed by atoms with E-state index < -0.39 is 0 Å². The zero-order chi connectivity index (χ0) is 17.5. The van der Waals surface area contributed by atoms with E-state index in [2.05, 4.69) is 17.0 Å². The largest absolute Gasteiger partial charge is 0.303 e. The molecular weight excluding hydrogens is 330 g/mol. The average molecular weight is 356 g/mol. The maximum Gasteiger partial charge on any atom is 0.170 e. The maximum absolute atomic E-state index is 13.1. The van der Waals surface area contributed by atoms with E-state index in [-0.39, 0.29) is 11.7 Å². The van der Waals surface area contributed by atoms with Crippen molar-refractivity contribution in [2.45, 2.75) is 38.0 Å². The number of nitrogens with zero attached hydrogens (tertiary/aromatic N) is 1. The Labute approximate surface area is 155 Å². The first-order valence-electron chi connectivity index (χ1n) is 9.31. The summed E-state index contributed by atoms with van der Waals surface area (Å²) in [7, 11) is 0. The van der Waals surface area contributed by atoms with Gasteiger partial charge in [-0.1, -0.05) is 54.8 Å². The third-order valence-corrected chi connectivity index (χ3v) is 5.33. The van der Waals surface area contributed by atoms with Gasteiger partial charge in [0, 0.05) is 16.5 Å². The smallest absolute Gasteiger partial charge is 0.170 e. The van der Waals surface area contributed by atoms with Crippen LogP contribution in [-0.4, -0.2) is 30.3 Å². The Bertz CT molecular complexity index is 660. The Hall–Kier alpha value is -1.64. The molecule has 1 heterocycles. The summed E-state index contributed by atoms with van der Waals surface area (Å²) in [5.41, 5.74) is 1.85. The Morgan fingerprint density at radius 1 is 0.920 bits per heavy atom. The predicted octanol–water partition coefficient (Wildman–Crippen LogP) is 5.57. The molecular formula is C22H26ClNO. The number of likely N-dealkylation sites (tertiary alicyclic amines) is 1. The second kappa shape index (κ2) is 9.17. The number of rotatable bonds is 6. The first-order valence-corrected chi connectivity index (χ1v) is 9.69. The van der Waals surface area contributed by atoms with Crippen LogP contribution in [0.1, 0.15) is 53.9 Å². The van der Waals surface area contributed by atoms with Crippen LogP contribution in [0.3, 0.4) is 0 Å². The molecule has 0 radical (unpaired) electrons. The summed E-state index contributed by atoms with van der Waals surface area (Å²) in [4.78, 5) is 15.7. The van der Waals surface area contributed by atoms with E-state index in [9.17, 15) is 4.79 Å². The number of benzene rings is 2. The summed E-state index contributed by atoms with van der Waals surface area (Å²) in [5.74, 6) is 0.100. The fraction of sp³-hybridized carbons (Fsp3) is 0.409. The molecule has 0 bridgehead atoms. The highest BCUT2D eigenvalue weighted by molar-refractivity contribution is 6.30. The molecule has 25 heavy (non-hydrogen) atoms. The third kappa shape index (κ3) is 5.17. The first kappa shape index (κ1) is 18.2. The fourth-order valence-electron chi connectivity index (χ4n) is 3.62. The minimum atomic E-state index is -0.0920.